The number of unbranched alkanes of at least 4 members (excludes halogenated alkanes) is 1. The number of amides is 1. The number of ether oxygens (including phenoxy) is 1. The molecule has 0 rings (SSSR count). The first-order chi connectivity index (χ1) is 5.48. The number of nitrogens with two attached hydrogens (primary N) is 1. The smallest absolute Gasteiger partial charge is 0.405 e. The molecule has 0 aromatic heterocycles. The second-order valence-electron chi connectivity index (χ2n) is 3.33. The predicted octanol–water partition coefficient (Wildman–Crippen LogP) is 2.43. The zero-order chi connectivity index (χ0) is 9.61. The molecule has 0 aromatic rings. The van der Waals surface area contributed by atoms with E-state index in [4.69, 9.17) is 10.5 Å². The molecule has 2 N–H and O–H groups in total. The van der Waals surface area contributed by atoms with Gasteiger partial charge in [0.05, 0.1) is 0 Å². The van der Waals surface area contributed by atoms with E-state index in [0.29, 0.717) is 0 Å². The quantitative estimate of drug-likeness (QED) is 0.590. The summed E-state index contributed by atoms with van der Waals surface area (Å²) in [7, 11) is 0. The number of hydrogen-bond donors (Lipinski definition) is 1. The highest BCUT2D eigenvalue weighted by Crippen LogP contribution is 2.17. The van der Waals surface area contributed by atoms with Gasteiger partial charge >= 0.3 is 6.09 Å². The molecule has 0 aliphatic heterocycles. The molecule has 0 aliphatic carbocycles. The van der Waals surface area contributed by atoms with Crippen molar-refractivity contribution in [3.63, 3.8) is 0 Å². The van der Waals surface area contributed by atoms with Crippen molar-refractivity contribution in [1.29, 1.82) is 0 Å². The van der Waals surface area contributed by atoms with Crippen LogP contribution in [-0.2, 0) is 4.74 Å². The summed E-state index contributed by atoms with van der Waals surface area (Å²) in [5.41, 5.74) is 4.49. The van der Waals surface area contributed by atoms with Crippen LogP contribution in [0.5, 0.6) is 0 Å². The van der Waals surface area contributed by atoms with E-state index in [9.17, 15) is 4.79 Å². The molecule has 0 fully saturated rings. The van der Waals surface area contributed by atoms with Crippen molar-refractivity contribution in [3.8, 4) is 0 Å². The van der Waals surface area contributed by atoms with Gasteiger partial charge in [-0.3, -0.25) is 0 Å². The van der Waals surface area contributed by atoms with Crippen LogP contribution in [0.3, 0.4) is 0 Å². The van der Waals surface area contributed by atoms with E-state index in [1.54, 1.807) is 0 Å². The van der Waals surface area contributed by atoms with Crippen LogP contribution >= 0.6 is 15.9 Å². The van der Waals surface area contributed by atoms with Gasteiger partial charge in [0.25, 0.3) is 0 Å². The molecular weight excluding hydrogens is 222 g/mol. The molecule has 72 valence electrons. The van der Waals surface area contributed by atoms with Gasteiger partial charge in [-0.05, 0) is 33.1 Å². The molecule has 0 atom stereocenters. The van der Waals surface area contributed by atoms with Crippen LogP contribution in [0.15, 0.2) is 0 Å². The number of primary amides is 1. The van der Waals surface area contributed by atoms with Gasteiger partial charge in [0.15, 0.2) is 0 Å². The number of carbonyl (C=O) groups is 1. The summed E-state index contributed by atoms with van der Waals surface area (Å²) < 4.78 is 4.91. The highest BCUT2D eigenvalue weighted by molar-refractivity contribution is 9.09. The summed E-state index contributed by atoms with van der Waals surface area (Å²) in [5, 5.41) is 0.986. The number of alkyl halides is 1. The standard InChI is InChI=1S/C8H16BrNO2/c1-8(2,12-7(10)11)5-3-4-6-9/h3-6H2,1-2H3,(H2,10,11). The van der Waals surface area contributed by atoms with Crippen molar-refractivity contribution in [1.82, 2.24) is 0 Å². The van der Waals surface area contributed by atoms with Crippen LogP contribution in [0.1, 0.15) is 33.1 Å². The highest BCUT2D eigenvalue weighted by atomic mass is 79.9. The number of carbonyl (C=O) groups excluding carboxylic acids is 1. The molecule has 0 bridgehead atoms. The van der Waals surface area contributed by atoms with Crippen LogP contribution in [-0.4, -0.2) is 17.0 Å². The third-order valence-electron chi connectivity index (χ3n) is 1.54. The maximum atomic E-state index is 10.4. The minimum absolute atomic E-state index is 0.423. The monoisotopic (exact) mass is 237 g/mol. The molecule has 4 heteroatoms. The summed E-state index contributed by atoms with van der Waals surface area (Å²) in [6.45, 7) is 3.73. The third kappa shape index (κ3) is 6.46. The average molecular weight is 238 g/mol. The zero-order valence-electron chi connectivity index (χ0n) is 7.60. The van der Waals surface area contributed by atoms with Gasteiger partial charge in [-0.15, -0.1) is 0 Å². The fourth-order valence-electron chi connectivity index (χ4n) is 0.969. The van der Waals surface area contributed by atoms with Crippen molar-refractivity contribution >= 4 is 22.0 Å². The van der Waals surface area contributed by atoms with Crippen molar-refractivity contribution in [2.45, 2.75) is 38.7 Å². The molecule has 0 unspecified atom stereocenters. The molecule has 12 heavy (non-hydrogen) atoms. The van der Waals surface area contributed by atoms with Gasteiger partial charge in [-0.25, -0.2) is 4.79 Å². The van der Waals surface area contributed by atoms with Crippen LogP contribution < -0.4 is 5.73 Å². The van der Waals surface area contributed by atoms with Gasteiger partial charge in [-0.1, -0.05) is 15.9 Å². The van der Waals surface area contributed by atoms with Gasteiger partial charge in [-0.2, -0.15) is 0 Å². The van der Waals surface area contributed by atoms with Crippen LogP contribution in [0.4, 0.5) is 4.79 Å². The Kier molecular flexibility index (Phi) is 5.29. The Morgan fingerprint density at radius 3 is 2.50 bits per heavy atom. The molecule has 0 radical (unpaired) electrons. The summed E-state index contributed by atoms with van der Waals surface area (Å²) in [6, 6.07) is 0. The predicted molar refractivity (Wildman–Crippen MR) is 52.4 cm³/mol. The lowest BCUT2D eigenvalue weighted by atomic mass is 10.0. The zero-order valence-corrected chi connectivity index (χ0v) is 9.19. The van der Waals surface area contributed by atoms with Crippen molar-refractivity contribution < 1.29 is 9.53 Å². The van der Waals surface area contributed by atoms with E-state index in [2.05, 4.69) is 15.9 Å². The van der Waals surface area contributed by atoms with Crippen LogP contribution in [0.2, 0.25) is 0 Å². The van der Waals surface area contributed by atoms with Gasteiger partial charge in [0.2, 0.25) is 0 Å². The highest BCUT2D eigenvalue weighted by Gasteiger charge is 2.20. The molecule has 3 nitrogen and oxygen atoms in total. The van der Waals surface area contributed by atoms with Gasteiger partial charge in [0, 0.05) is 5.33 Å². The SMILES string of the molecule is CC(C)(CCCCBr)OC(N)=O. The van der Waals surface area contributed by atoms with E-state index < -0.39 is 11.7 Å². The van der Waals surface area contributed by atoms with Crippen LogP contribution in [0.25, 0.3) is 0 Å². The first-order valence-electron chi connectivity index (χ1n) is 4.02. The Hall–Kier alpha value is -0.250. The lowest BCUT2D eigenvalue weighted by Crippen LogP contribution is -2.30. The largest absolute Gasteiger partial charge is 0.444 e. The Morgan fingerprint density at radius 1 is 1.50 bits per heavy atom. The fraction of sp³-hybridized carbons (Fsp3) is 0.875. The number of halogens is 1. The second-order valence-corrected chi connectivity index (χ2v) is 4.12. The lowest BCUT2D eigenvalue weighted by molar-refractivity contribution is 0.0376. The Morgan fingerprint density at radius 2 is 2.08 bits per heavy atom. The Bertz CT molecular complexity index is 148. The summed E-state index contributed by atoms with van der Waals surface area (Å²) in [5.74, 6) is 0. The van der Waals surface area contributed by atoms with Gasteiger partial charge < -0.3 is 10.5 Å². The Labute approximate surface area is 81.8 Å². The number of rotatable bonds is 5. The Balaban J connectivity index is 3.63. The average Bonchev–Trinajstić information content (AvgIpc) is 1.84. The minimum Gasteiger partial charge on any atom is -0.444 e. The van der Waals surface area contributed by atoms with E-state index >= 15 is 0 Å². The first kappa shape index (κ1) is 11.8. The van der Waals surface area contributed by atoms with Crippen LogP contribution in [0, 0.1) is 0 Å². The maximum absolute atomic E-state index is 10.4. The van der Waals surface area contributed by atoms with E-state index in [1.807, 2.05) is 13.8 Å². The van der Waals surface area contributed by atoms with E-state index in [1.165, 1.54) is 0 Å². The molecule has 0 saturated heterocycles. The van der Waals surface area contributed by atoms with E-state index in [0.717, 1.165) is 24.6 Å². The summed E-state index contributed by atoms with van der Waals surface area (Å²) in [4.78, 5) is 10.4. The molecule has 1 amide bonds. The fourth-order valence-corrected chi connectivity index (χ4v) is 1.37. The molecule has 0 spiro atoms. The van der Waals surface area contributed by atoms with E-state index in [-0.39, 0.29) is 0 Å². The van der Waals surface area contributed by atoms with Crippen molar-refractivity contribution in [2.24, 2.45) is 5.73 Å². The molecule has 0 aromatic carbocycles. The maximum Gasteiger partial charge on any atom is 0.405 e. The molecular formula is C8H16BrNO2. The van der Waals surface area contributed by atoms with Crippen molar-refractivity contribution in [3.05, 3.63) is 0 Å². The third-order valence-corrected chi connectivity index (χ3v) is 2.10. The summed E-state index contributed by atoms with van der Waals surface area (Å²) >= 11 is 3.34. The first-order valence-corrected chi connectivity index (χ1v) is 5.14. The summed E-state index contributed by atoms with van der Waals surface area (Å²) in [6.07, 6.45) is 2.28. The molecule has 0 saturated carbocycles. The number of hydrogen-bond acceptors (Lipinski definition) is 2. The van der Waals surface area contributed by atoms with Crippen molar-refractivity contribution in [2.75, 3.05) is 5.33 Å². The second kappa shape index (κ2) is 5.41. The normalized spacial score (nSPS) is 11.2. The molecule has 0 heterocycles. The molecule has 0 aliphatic rings. The minimum atomic E-state index is -0.696. The van der Waals surface area contributed by atoms with Gasteiger partial charge in [0.1, 0.15) is 5.60 Å². The lowest BCUT2D eigenvalue weighted by Gasteiger charge is -2.23. The topological polar surface area (TPSA) is 52.3 Å².